The highest BCUT2D eigenvalue weighted by Crippen LogP contribution is 2.35. The van der Waals surface area contributed by atoms with Crippen LogP contribution in [-0.2, 0) is 5.21 Å². The molecule has 80 valence electrons. The quantitative estimate of drug-likeness (QED) is 0.742. The molecule has 16 heavy (non-hydrogen) atoms. The summed E-state index contributed by atoms with van der Waals surface area (Å²) in [6.45, 7) is 2.19. The van der Waals surface area contributed by atoms with E-state index in [1.54, 1.807) is 0 Å². The number of rotatable bonds is 3. The van der Waals surface area contributed by atoms with Gasteiger partial charge in [0, 0.05) is 0 Å². The molecule has 1 N–H and O–H groups in total. The third-order valence-corrected chi connectivity index (χ3v) is 3.02. The van der Waals surface area contributed by atoms with Crippen molar-refractivity contribution in [2.75, 3.05) is 13.8 Å². The predicted octanol–water partition coefficient (Wildman–Crippen LogP) is 0.513. The fourth-order valence-corrected chi connectivity index (χ4v) is 1.65. The van der Waals surface area contributed by atoms with Gasteiger partial charge in [0.2, 0.25) is 6.79 Å². The Kier molecular flexibility index (Phi) is 2.89. The fourth-order valence-electron chi connectivity index (χ4n) is 1.65. The van der Waals surface area contributed by atoms with Crippen LogP contribution in [0.2, 0.25) is 0 Å². The van der Waals surface area contributed by atoms with Gasteiger partial charge in [0.25, 0.3) is 0 Å². The van der Waals surface area contributed by atoms with E-state index in [-0.39, 0.29) is 12.8 Å². The van der Waals surface area contributed by atoms with Gasteiger partial charge in [0.05, 0.1) is 15.7 Å². The second-order valence-electron chi connectivity index (χ2n) is 4.01. The van der Waals surface area contributed by atoms with Gasteiger partial charge < -0.3 is 14.8 Å². The van der Waals surface area contributed by atoms with E-state index >= 15 is 0 Å². The number of fused-ring (bicyclic) bond motifs is 1. The topological polar surface area (TPSA) is 30.5 Å². The zero-order chi connectivity index (χ0) is 11.8. The van der Waals surface area contributed by atoms with Crippen molar-refractivity contribution in [3.63, 3.8) is 0 Å². The molecule has 0 aliphatic carbocycles. The van der Waals surface area contributed by atoms with Crippen LogP contribution >= 0.6 is 0 Å². The van der Waals surface area contributed by atoms with E-state index in [0.717, 1.165) is 11.3 Å². The molecule has 4 radical (unpaired) electrons. The van der Waals surface area contributed by atoms with Crippen molar-refractivity contribution in [2.45, 2.75) is 18.2 Å². The van der Waals surface area contributed by atoms with Gasteiger partial charge >= 0.3 is 0 Å². The summed E-state index contributed by atoms with van der Waals surface area (Å²) in [4.78, 5) is 0. The molecule has 1 aliphatic rings. The Labute approximate surface area is 98.3 Å². The minimum absolute atomic E-state index is 0.0483. The highest BCUT2D eigenvalue weighted by Gasteiger charge is 2.27. The lowest BCUT2D eigenvalue weighted by Crippen LogP contribution is -2.46. The minimum atomic E-state index is -0.935. The monoisotopic (exact) mass is 213 g/mol. The van der Waals surface area contributed by atoms with Crippen LogP contribution in [0, 0.1) is 0 Å². The summed E-state index contributed by atoms with van der Waals surface area (Å²) in [6.07, 6.45) is 0. The first kappa shape index (κ1) is 11.4. The number of ether oxygens (including phenoxy) is 2. The molecule has 0 amide bonds. The Bertz CT molecular complexity index is 396. The van der Waals surface area contributed by atoms with Crippen LogP contribution in [0.3, 0.4) is 0 Å². The van der Waals surface area contributed by atoms with Crippen LogP contribution in [0.15, 0.2) is 18.2 Å². The Morgan fingerprint density at radius 1 is 1.31 bits per heavy atom. The van der Waals surface area contributed by atoms with E-state index in [0.29, 0.717) is 5.75 Å². The molecular weight excluding hydrogens is 200 g/mol. The lowest BCUT2D eigenvalue weighted by Gasteiger charge is -2.33. The molecule has 0 fully saturated rings. The molecular formula is C11H13B2NO2. The summed E-state index contributed by atoms with van der Waals surface area (Å²) in [6, 6.07) is 5.47. The van der Waals surface area contributed by atoms with Crippen LogP contribution in [0.5, 0.6) is 11.5 Å². The standard InChI is InChI=1S/C11H13B2NO2/c1-7(14-2)11(12,13)8-3-4-9-10(5-8)16-6-15-9/h3-5,7,14H,6H2,1-2H3. The van der Waals surface area contributed by atoms with Crippen molar-refractivity contribution in [2.24, 2.45) is 0 Å². The molecule has 3 nitrogen and oxygen atoms in total. The van der Waals surface area contributed by atoms with E-state index in [9.17, 15) is 0 Å². The molecule has 0 saturated heterocycles. The maximum absolute atomic E-state index is 6.11. The SMILES string of the molecule is [B]C([B])(c1ccc2c(c1)OCO2)C(C)NC. The van der Waals surface area contributed by atoms with E-state index in [4.69, 9.17) is 25.2 Å². The highest BCUT2D eigenvalue weighted by molar-refractivity contribution is 6.40. The molecule has 1 atom stereocenters. The summed E-state index contributed by atoms with van der Waals surface area (Å²) < 4.78 is 10.5. The molecule has 2 rings (SSSR count). The average Bonchev–Trinajstić information content (AvgIpc) is 2.74. The zero-order valence-electron chi connectivity index (χ0n) is 9.49. The van der Waals surface area contributed by atoms with Crippen LogP contribution in [0.25, 0.3) is 0 Å². The Morgan fingerprint density at radius 2 is 2.00 bits per heavy atom. The smallest absolute Gasteiger partial charge is 0.231 e. The number of nitrogens with one attached hydrogen (secondary N) is 1. The fraction of sp³-hybridized carbons (Fsp3) is 0.455. The first-order valence-electron chi connectivity index (χ1n) is 5.21. The predicted molar refractivity (Wildman–Crippen MR) is 64.3 cm³/mol. The molecule has 1 aromatic carbocycles. The van der Waals surface area contributed by atoms with Gasteiger partial charge in [-0.3, -0.25) is 0 Å². The van der Waals surface area contributed by atoms with Crippen LogP contribution < -0.4 is 14.8 Å². The van der Waals surface area contributed by atoms with E-state index < -0.39 is 5.21 Å². The summed E-state index contributed by atoms with van der Waals surface area (Å²) in [5, 5.41) is 2.11. The average molecular weight is 213 g/mol. The first-order chi connectivity index (χ1) is 7.55. The van der Waals surface area contributed by atoms with Crippen molar-refractivity contribution >= 4 is 15.7 Å². The third kappa shape index (κ3) is 1.80. The van der Waals surface area contributed by atoms with Gasteiger partial charge in [-0.1, -0.05) is 23.8 Å². The number of likely N-dealkylation sites (N-methyl/N-ethyl adjacent to an activating group) is 1. The van der Waals surface area contributed by atoms with Crippen molar-refractivity contribution < 1.29 is 9.47 Å². The molecule has 0 spiro atoms. The molecule has 1 heterocycles. The van der Waals surface area contributed by atoms with Gasteiger partial charge in [-0.25, -0.2) is 0 Å². The summed E-state index contributed by atoms with van der Waals surface area (Å²) >= 11 is 0. The van der Waals surface area contributed by atoms with Crippen LogP contribution in [0.1, 0.15) is 12.5 Å². The number of hydrogen-bond donors (Lipinski definition) is 1. The molecule has 0 aromatic heterocycles. The maximum atomic E-state index is 6.11. The van der Waals surface area contributed by atoms with Crippen LogP contribution in [0.4, 0.5) is 0 Å². The summed E-state index contributed by atoms with van der Waals surface area (Å²) in [5.74, 6) is 1.43. The van der Waals surface area contributed by atoms with Crippen molar-refractivity contribution in [3.05, 3.63) is 23.8 Å². The Morgan fingerprint density at radius 3 is 2.69 bits per heavy atom. The van der Waals surface area contributed by atoms with Gasteiger partial charge in [-0.2, -0.15) is 0 Å². The number of benzene rings is 1. The molecule has 0 saturated carbocycles. The Hall–Kier alpha value is -1.09. The van der Waals surface area contributed by atoms with Gasteiger partial charge in [-0.05, 0) is 25.2 Å². The summed E-state index contributed by atoms with van der Waals surface area (Å²) in [7, 11) is 14.0. The third-order valence-electron chi connectivity index (χ3n) is 3.02. The van der Waals surface area contributed by atoms with E-state index in [1.807, 2.05) is 32.2 Å². The van der Waals surface area contributed by atoms with Crippen molar-refractivity contribution in [3.8, 4) is 11.5 Å². The lowest BCUT2D eigenvalue weighted by molar-refractivity contribution is 0.174. The van der Waals surface area contributed by atoms with Gasteiger partial charge in [0.15, 0.2) is 11.5 Å². The van der Waals surface area contributed by atoms with Crippen molar-refractivity contribution in [1.29, 1.82) is 0 Å². The maximum Gasteiger partial charge on any atom is 0.231 e. The largest absolute Gasteiger partial charge is 0.454 e. The zero-order valence-corrected chi connectivity index (χ0v) is 9.49. The normalized spacial score (nSPS) is 16.1. The number of hydrogen-bond acceptors (Lipinski definition) is 3. The van der Waals surface area contributed by atoms with Gasteiger partial charge in [0.1, 0.15) is 0 Å². The highest BCUT2D eigenvalue weighted by atomic mass is 16.7. The second kappa shape index (κ2) is 4.06. The van der Waals surface area contributed by atoms with E-state index in [1.165, 1.54) is 0 Å². The summed E-state index contributed by atoms with van der Waals surface area (Å²) in [5.41, 5.74) is 0.818. The Balaban J connectivity index is 2.34. The molecule has 1 aromatic rings. The first-order valence-corrected chi connectivity index (χ1v) is 5.21. The van der Waals surface area contributed by atoms with Crippen molar-refractivity contribution in [1.82, 2.24) is 5.32 Å². The molecule has 1 aliphatic heterocycles. The van der Waals surface area contributed by atoms with Gasteiger partial charge in [-0.15, -0.1) is 0 Å². The lowest BCUT2D eigenvalue weighted by atomic mass is 9.47. The second-order valence-corrected chi connectivity index (χ2v) is 4.01. The molecule has 1 unspecified atom stereocenters. The van der Waals surface area contributed by atoms with E-state index in [2.05, 4.69) is 5.32 Å². The minimum Gasteiger partial charge on any atom is -0.454 e. The van der Waals surface area contributed by atoms with Crippen LogP contribution in [-0.4, -0.2) is 35.6 Å². The molecule has 5 heteroatoms. The molecule has 0 bridgehead atoms.